The molecule has 0 spiro atoms. The van der Waals surface area contributed by atoms with Gasteiger partial charge in [-0.3, -0.25) is 9.67 Å². The summed E-state index contributed by atoms with van der Waals surface area (Å²) >= 11 is 3.37. The fraction of sp³-hybridized carbons (Fsp3) is 0.385. The average Bonchev–Trinajstić information content (AvgIpc) is 2.82. The van der Waals surface area contributed by atoms with Gasteiger partial charge >= 0.3 is 0 Å². The van der Waals surface area contributed by atoms with Crippen LogP contribution in [0.2, 0.25) is 0 Å². The zero-order valence-electron chi connectivity index (χ0n) is 11.0. The second-order valence-corrected chi connectivity index (χ2v) is 5.12. The molecule has 2 rings (SSSR count). The zero-order chi connectivity index (χ0) is 13.8. The summed E-state index contributed by atoms with van der Waals surface area (Å²) in [6.45, 7) is 2.91. The van der Waals surface area contributed by atoms with Crippen molar-refractivity contribution in [1.82, 2.24) is 14.8 Å². The predicted octanol–water partition coefficient (Wildman–Crippen LogP) is 2.51. The third-order valence-electron chi connectivity index (χ3n) is 2.86. The van der Waals surface area contributed by atoms with E-state index in [1.807, 2.05) is 16.8 Å². The first kappa shape index (κ1) is 14.0. The topological polar surface area (TPSA) is 66.0 Å². The minimum Gasteiger partial charge on any atom is -0.493 e. The van der Waals surface area contributed by atoms with Gasteiger partial charge in [-0.1, -0.05) is 6.92 Å². The van der Waals surface area contributed by atoms with Gasteiger partial charge < -0.3 is 10.5 Å². The van der Waals surface area contributed by atoms with Crippen LogP contribution in [0.15, 0.2) is 29.0 Å². The van der Waals surface area contributed by atoms with Gasteiger partial charge in [0.05, 0.1) is 25.0 Å². The van der Waals surface area contributed by atoms with Crippen molar-refractivity contribution in [2.75, 3.05) is 7.11 Å². The first-order chi connectivity index (χ1) is 9.17. The van der Waals surface area contributed by atoms with E-state index in [0.29, 0.717) is 5.75 Å². The Hall–Kier alpha value is -1.40. The van der Waals surface area contributed by atoms with Crippen molar-refractivity contribution in [3.63, 3.8) is 0 Å². The molecule has 6 heteroatoms. The van der Waals surface area contributed by atoms with E-state index in [1.54, 1.807) is 19.5 Å². The summed E-state index contributed by atoms with van der Waals surface area (Å²) in [5, 5.41) is 4.32. The van der Waals surface area contributed by atoms with E-state index in [4.69, 9.17) is 10.5 Å². The smallest absolute Gasteiger partial charge is 0.161 e. The Bertz CT molecular complexity index is 538. The summed E-state index contributed by atoms with van der Waals surface area (Å²) in [6, 6.07) is 3.48. The number of ether oxygens (including phenoxy) is 1. The van der Waals surface area contributed by atoms with Crippen molar-refractivity contribution in [3.05, 3.63) is 40.4 Å². The molecule has 0 saturated carbocycles. The highest BCUT2D eigenvalue weighted by Crippen LogP contribution is 2.27. The van der Waals surface area contributed by atoms with Crippen LogP contribution >= 0.6 is 15.9 Å². The van der Waals surface area contributed by atoms with Crippen molar-refractivity contribution in [2.45, 2.75) is 25.9 Å². The third-order valence-corrected chi connectivity index (χ3v) is 3.33. The first-order valence-corrected chi connectivity index (χ1v) is 6.93. The number of rotatable bonds is 5. The van der Waals surface area contributed by atoms with Crippen LogP contribution in [0.1, 0.15) is 30.8 Å². The number of halogens is 1. The van der Waals surface area contributed by atoms with Crippen LogP contribution < -0.4 is 10.5 Å². The molecule has 5 nitrogen and oxygen atoms in total. The summed E-state index contributed by atoms with van der Waals surface area (Å²) < 4.78 is 8.15. The molecular formula is C13H17BrN4O. The summed E-state index contributed by atoms with van der Waals surface area (Å²) in [6.07, 6.45) is 4.42. The number of methoxy groups -OCH3 is 1. The number of nitrogens with two attached hydrogens (primary N) is 1. The zero-order valence-corrected chi connectivity index (χ0v) is 12.6. The fourth-order valence-electron chi connectivity index (χ4n) is 1.95. The van der Waals surface area contributed by atoms with Crippen LogP contribution in [0.3, 0.4) is 0 Å². The van der Waals surface area contributed by atoms with Crippen LogP contribution in [-0.4, -0.2) is 21.9 Å². The highest BCUT2D eigenvalue weighted by atomic mass is 79.9. The Morgan fingerprint density at radius 3 is 2.79 bits per heavy atom. The molecule has 0 amide bonds. The van der Waals surface area contributed by atoms with Crippen LogP contribution in [0.25, 0.3) is 0 Å². The van der Waals surface area contributed by atoms with Crippen LogP contribution in [0, 0.1) is 0 Å². The Balaban J connectivity index is 2.38. The summed E-state index contributed by atoms with van der Waals surface area (Å²) in [5.74, 6) is 0.700. The van der Waals surface area contributed by atoms with Crippen molar-refractivity contribution in [2.24, 2.45) is 5.73 Å². The first-order valence-electron chi connectivity index (χ1n) is 6.14. The summed E-state index contributed by atoms with van der Waals surface area (Å²) in [7, 11) is 1.62. The van der Waals surface area contributed by atoms with Gasteiger partial charge in [0.25, 0.3) is 0 Å². The number of aryl methyl sites for hydroxylation is 1. The van der Waals surface area contributed by atoms with E-state index >= 15 is 0 Å². The minimum atomic E-state index is -0.350. The lowest BCUT2D eigenvalue weighted by Crippen LogP contribution is -2.19. The monoisotopic (exact) mass is 324 g/mol. The van der Waals surface area contributed by atoms with E-state index < -0.39 is 0 Å². The van der Waals surface area contributed by atoms with Crippen LogP contribution in [-0.2, 0) is 6.54 Å². The molecule has 0 aliphatic heterocycles. The van der Waals surface area contributed by atoms with Crippen molar-refractivity contribution >= 4 is 15.9 Å². The van der Waals surface area contributed by atoms with Crippen molar-refractivity contribution in [3.8, 4) is 5.75 Å². The Kier molecular flexibility index (Phi) is 4.55. The quantitative estimate of drug-likeness (QED) is 0.917. The molecule has 102 valence electrons. The molecule has 0 saturated heterocycles. The van der Waals surface area contributed by atoms with Gasteiger partial charge in [-0.2, -0.15) is 5.10 Å². The maximum atomic E-state index is 6.30. The van der Waals surface area contributed by atoms with Gasteiger partial charge in [-0.15, -0.1) is 0 Å². The normalized spacial score (nSPS) is 12.4. The predicted molar refractivity (Wildman–Crippen MR) is 77.0 cm³/mol. The van der Waals surface area contributed by atoms with Crippen molar-refractivity contribution in [1.29, 1.82) is 0 Å². The number of hydrogen-bond donors (Lipinski definition) is 1. The standard InChI is InChI=1S/C13H17BrN4O/c1-3-6-18-13(11(19-2)8-17-18)12(15)10-5-4-9(14)7-16-10/h4-5,7-8,12H,3,6,15H2,1-2H3. The highest BCUT2D eigenvalue weighted by Gasteiger charge is 2.20. The van der Waals surface area contributed by atoms with E-state index in [9.17, 15) is 0 Å². The lowest BCUT2D eigenvalue weighted by Gasteiger charge is -2.15. The molecule has 0 radical (unpaired) electrons. The Morgan fingerprint density at radius 2 is 2.21 bits per heavy atom. The molecular weight excluding hydrogens is 308 g/mol. The average molecular weight is 325 g/mol. The van der Waals surface area contributed by atoms with Gasteiger partial charge in [0.15, 0.2) is 5.75 Å². The summed E-state index contributed by atoms with van der Waals surface area (Å²) in [5.41, 5.74) is 7.95. The van der Waals surface area contributed by atoms with E-state index in [-0.39, 0.29) is 6.04 Å². The molecule has 0 bridgehead atoms. The summed E-state index contributed by atoms with van der Waals surface area (Å²) in [4.78, 5) is 4.34. The number of nitrogens with zero attached hydrogens (tertiary/aromatic N) is 3. The lowest BCUT2D eigenvalue weighted by molar-refractivity contribution is 0.403. The maximum absolute atomic E-state index is 6.30. The molecule has 1 unspecified atom stereocenters. The minimum absolute atomic E-state index is 0.350. The van der Waals surface area contributed by atoms with E-state index in [0.717, 1.165) is 28.8 Å². The number of pyridine rings is 1. The highest BCUT2D eigenvalue weighted by molar-refractivity contribution is 9.10. The van der Waals surface area contributed by atoms with Crippen LogP contribution in [0.4, 0.5) is 0 Å². The second-order valence-electron chi connectivity index (χ2n) is 4.20. The molecule has 2 aromatic rings. The van der Waals surface area contributed by atoms with Gasteiger partial charge in [0, 0.05) is 17.2 Å². The number of hydrogen-bond acceptors (Lipinski definition) is 4. The molecule has 0 aromatic carbocycles. The molecule has 2 heterocycles. The van der Waals surface area contributed by atoms with Crippen molar-refractivity contribution < 1.29 is 4.74 Å². The fourth-order valence-corrected chi connectivity index (χ4v) is 2.18. The van der Waals surface area contributed by atoms with Gasteiger partial charge in [0.1, 0.15) is 5.69 Å². The van der Waals surface area contributed by atoms with E-state index in [2.05, 4.69) is 32.9 Å². The maximum Gasteiger partial charge on any atom is 0.161 e. The van der Waals surface area contributed by atoms with E-state index in [1.165, 1.54) is 0 Å². The SMILES string of the molecule is CCCn1ncc(OC)c1C(N)c1ccc(Br)cn1. The van der Waals surface area contributed by atoms with Gasteiger partial charge in [-0.25, -0.2) is 0 Å². The third kappa shape index (κ3) is 2.96. The second kappa shape index (κ2) is 6.16. The van der Waals surface area contributed by atoms with Gasteiger partial charge in [0.2, 0.25) is 0 Å². The molecule has 2 N–H and O–H groups in total. The molecule has 1 atom stereocenters. The number of aromatic nitrogens is 3. The Morgan fingerprint density at radius 1 is 1.42 bits per heavy atom. The molecule has 0 aliphatic rings. The molecule has 0 aliphatic carbocycles. The van der Waals surface area contributed by atoms with Gasteiger partial charge in [-0.05, 0) is 34.5 Å². The van der Waals surface area contributed by atoms with Crippen LogP contribution in [0.5, 0.6) is 5.75 Å². The molecule has 19 heavy (non-hydrogen) atoms. The lowest BCUT2D eigenvalue weighted by atomic mass is 10.1. The largest absolute Gasteiger partial charge is 0.493 e. The molecule has 2 aromatic heterocycles. The Labute approximate surface area is 120 Å². The molecule has 0 fully saturated rings.